The maximum absolute atomic E-state index is 12.3. The summed E-state index contributed by atoms with van der Waals surface area (Å²) in [4.78, 5) is 37.4. The highest BCUT2D eigenvalue weighted by Crippen LogP contribution is 2.22. The zero-order valence-electron chi connectivity index (χ0n) is 16.5. The molecule has 4 rings (SSSR count). The average Bonchev–Trinajstić information content (AvgIpc) is 2.76. The molecule has 1 amide bonds. The molecule has 0 spiro atoms. The quantitative estimate of drug-likeness (QED) is 0.547. The second-order valence-electron chi connectivity index (χ2n) is 6.98. The van der Waals surface area contributed by atoms with Crippen molar-refractivity contribution < 1.29 is 4.79 Å². The SMILES string of the molecule is CNc1cc(-c2c[nH]c(=O)c(NC3CN(C(=O)/C=C/c4ccccn4)C3)c2)ccn1. The van der Waals surface area contributed by atoms with E-state index in [9.17, 15) is 9.59 Å². The molecule has 152 valence electrons. The van der Waals surface area contributed by atoms with Crippen LogP contribution in [-0.2, 0) is 4.79 Å². The largest absolute Gasteiger partial charge is 0.374 e. The monoisotopic (exact) mass is 402 g/mol. The van der Waals surface area contributed by atoms with E-state index >= 15 is 0 Å². The number of carbonyl (C=O) groups is 1. The van der Waals surface area contributed by atoms with Gasteiger partial charge in [0.15, 0.2) is 0 Å². The van der Waals surface area contributed by atoms with Crippen molar-refractivity contribution in [3.05, 3.63) is 77.1 Å². The van der Waals surface area contributed by atoms with Crippen molar-refractivity contribution >= 4 is 23.5 Å². The minimum Gasteiger partial charge on any atom is -0.374 e. The zero-order chi connectivity index (χ0) is 20.9. The van der Waals surface area contributed by atoms with Gasteiger partial charge in [-0.15, -0.1) is 0 Å². The third-order valence-corrected chi connectivity index (χ3v) is 4.89. The molecule has 3 aromatic rings. The molecule has 0 aliphatic carbocycles. The predicted octanol–water partition coefficient (Wildman–Crippen LogP) is 2.21. The number of carbonyl (C=O) groups excluding carboxylic acids is 1. The number of anilines is 2. The van der Waals surface area contributed by atoms with E-state index in [4.69, 9.17) is 0 Å². The van der Waals surface area contributed by atoms with Crippen molar-refractivity contribution in [3.63, 3.8) is 0 Å². The normalized spacial score (nSPS) is 13.8. The molecule has 3 aromatic heterocycles. The van der Waals surface area contributed by atoms with E-state index in [2.05, 4.69) is 25.6 Å². The van der Waals surface area contributed by atoms with Gasteiger partial charge in [-0.05, 0) is 42.0 Å². The number of hydrogen-bond donors (Lipinski definition) is 3. The molecular weight excluding hydrogens is 380 g/mol. The summed E-state index contributed by atoms with van der Waals surface area (Å²) in [5, 5.41) is 6.24. The fourth-order valence-corrected chi connectivity index (χ4v) is 3.21. The first-order valence-electron chi connectivity index (χ1n) is 9.64. The maximum Gasteiger partial charge on any atom is 0.271 e. The molecule has 1 aliphatic rings. The highest BCUT2D eigenvalue weighted by atomic mass is 16.2. The topological polar surface area (TPSA) is 103 Å². The first-order chi connectivity index (χ1) is 14.6. The van der Waals surface area contributed by atoms with Crippen molar-refractivity contribution in [2.45, 2.75) is 6.04 Å². The van der Waals surface area contributed by atoms with E-state index in [1.807, 2.05) is 36.4 Å². The second-order valence-corrected chi connectivity index (χ2v) is 6.98. The molecule has 3 N–H and O–H groups in total. The lowest BCUT2D eigenvalue weighted by molar-refractivity contribution is -0.129. The Labute approximate surface area is 173 Å². The molecular formula is C22H22N6O2. The summed E-state index contributed by atoms with van der Waals surface area (Å²) < 4.78 is 0. The zero-order valence-corrected chi connectivity index (χ0v) is 16.5. The van der Waals surface area contributed by atoms with Gasteiger partial charge in [-0.3, -0.25) is 14.6 Å². The molecule has 1 fully saturated rings. The van der Waals surface area contributed by atoms with Crippen LogP contribution < -0.4 is 16.2 Å². The summed E-state index contributed by atoms with van der Waals surface area (Å²) in [7, 11) is 1.81. The van der Waals surface area contributed by atoms with Gasteiger partial charge in [0.05, 0.1) is 11.7 Å². The third kappa shape index (κ3) is 4.38. The molecule has 8 nitrogen and oxygen atoms in total. The molecule has 0 radical (unpaired) electrons. The number of aromatic amines is 1. The van der Waals surface area contributed by atoms with Gasteiger partial charge >= 0.3 is 0 Å². The fraction of sp³-hybridized carbons (Fsp3) is 0.182. The molecule has 8 heteroatoms. The van der Waals surface area contributed by atoms with Gasteiger partial charge in [0.2, 0.25) is 5.91 Å². The van der Waals surface area contributed by atoms with Crippen LogP contribution in [0.4, 0.5) is 11.5 Å². The average molecular weight is 402 g/mol. The van der Waals surface area contributed by atoms with E-state index in [-0.39, 0.29) is 17.5 Å². The lowest BCUT2D eigenvalue weighted by atomic mass is 10.1. The van der Waals surface area contributed by atoms with E-state index in [1.165, 1.54) is 6.08 Å². The molecule has 0 saturated carbocycles. The number of pyridine rings is 3. The van der Waals surface area contributed by atoms with Gasteiger partial charge in [-0.1, -0.05) is 6.07 Å². The Morgan fingerprint density at radius 3 is 2.80 bits per heavy atom. The minimum atomic E-state index is -0.193. The molecule has 1 saturated heterocycles. The number of likely N-dealkylation sites (tertiary alicyclic amines) is 1. The minimum absolute atomic E-state index is 0.0267. The van der Waals surface area contributed by atoms with Gasteiger partial charge in [0, 0.05) is 50.4 Å². The lowest BCUT2D eigenvalue weighted by Crippen LogP contribution is -2.57. The van der Waals surface area contributed by atoms with Gasteiger partial charge in [0.1, 0.15) is 11.5 Å². The second kappa shape index (κ2) is 8.60. The number of rotatable bonds is 6. The van der Waals surface area contributed by atoms with Crippen LogP contribution in [-0.4, -0.2) is 51.9 Å². The van der Waals surface area contributed by atoms with Crippen molar-refractivity contribution in [2.75, 3.05) is 30.8 Å². The first-order valence-corrected chi connectivity index (χ1v) is 9.64. The van der Waals surface area contributed by atoms with Crippen LogP contribution in [0, 0.1) is 0 Å². The van der Waals surface area contributed by atoms with Crippen molar-refractivity contribution in [2.24, 2.45) is 0 Å². The van der Waals surface area contributed by atoms with Crippen molar-refractivity contribution in [1.29, 1.82) is 0 Å². The van der Waals surface area contributed by atoms with Crippen LogP contribution in [0.15, 0.2) is 65.9 Å². The van der Waals surface area contributed by atoms with Gasteiger partial charge in [-0.2, -0.15) is 0 Å². The Morgan fingerprint density at radius 2 is 2.03 bits per heavy atom. The lowest BCUT2D eigenvalue weighted by Gasteiger charge is -2.39. The highest BCUT2D eigenvalue weighted by molar-refractivity contribution is 5.92. The first kappa shape index (κ1) is 19.4. The van der Waals surface area contributed by atoms with Crippen LogP contribution >= 0.6 is 0 Å². The number of aromatic nitrogens is 3. The third-order valence-electron chi connectivity index (χ3n) is 4.89. The summed E-state index contributed by atoms with van der Waals surface area (Å²) in [6, 6.07) is 11.2. The van der Waals surface area contributed by atoms with Crippen LogP contribution in [0.2, 0.25) is 0 Å². The fourth-order valence-electron chi connectivity index (χ4n) is 3.21. The maximum atomic E-state index is 12.3. The van der Waals surface area contributed by atoms with Crippen LogP contribution in [0.5, 0.6) is 0 Å². The van der Waals surface area contributed by atoms with Gasteiger partial charge in [0.25, 0.3) is 5.56 Å². The molecule has 30 heavy (non-hydrogen) atoms. The summed E-state index contributed by atoms with van der Waals surface area (Å²) in [5.74, 6) is 0.679. The smallest absolute Gasteiger partial charge is 0.271 e. The van der Waals surface area contributed by atoms with E-state index in [0.717, 1.165) is 22.6 Å². The number of nitrogens with one attached hydrogen (secondary N) is 3. The van der Waals surface area contributed by atoms with Gasteiger partial charge < -0.3 is 20.5 Å². The Kier molecular flexibility index (Phi) is 5.56. The van der Waals surface area contributed by atoms with E-state index < -0.39 is 0 Å². The molecule has 0 bridgehead atoms. The Bertz CT molecular complexity index is 1120. The van der Waals surface area contributed by atoms with Crippen LogP contribution in [0.1, 0.15) is 5.69 Å². The summed E-state index contributed by atoms with van der Waals surface area (Å²) in [6.45, 7) is 1.07. The molecule has 4 heterocycles. The molecule has 1 aliphatic heterocycles. The van der Waals surface area contributed by atoms with Crippen molar-refractivity contribution in [3.8, 4) is 11.1 Å². The number of H-pyrrole nitrogens is 1. The predicted molar refractivity (Wildman–Crippen MR) is 117 cm³/mol. The number of amides is 1. The Morgan fingerprint density at radius 1 is 1.17 bits per heavy atom. The molecule has 0 aromatic carbocycles. The summed E-state index contributed by atoms with van der Waals surface area (Å²) >= 11 is 0. The summed E-state index contributed by atoms with van der Waals surface area (Å²) in [6.07, 6.45) is 8.31. The van der Waals surface area contributed by atoms with Crippen LogP contribution in [0.25, 0.3) is 17.2 Å². The van der Waals surface area contributed by atoms with Crippen molar-refractivity contribution in [1.82, 2.24) is 19.9 Å². The molecule has 0 atom stereocenters. The van der Waals surface area contributed by atoms with Crippen LogP contribution in [0.3, 0.4) is 0 Å². The van der Waals surface area contributed by atoms with E-state index in [0.29, 0.717) is 18.8 Å². The Hall–Kier alpha value is -3.94. The molecule has 0 unspecified atom stereocenters. The standard InChI is InChI=1S/C22H22N6O2/c1-23-20-11-15(7-9-25-20)16-10-19(22(30)26-12-16)27-18-13-28(14-18)21(29)6-5-17-4-2-3-8-24-17/h2-12,18,27H,13-14H2,1H3,(H,23,25)(H,26,30)/b6-5+. The van der Waals surface area contributed by atoms with E-state index in [1.54, 1.807) is 36.6 Å². The number of hydrogen-bond acceptors (Lipinski definition) is 6. The van der Waals surface area contributed by atoms with Gasteiger partial charge in [-0.25, -0.2) is 4.98 Å². The number of nitrogens with zero attached hydrogens (tertiary/aromatic N) is 3. The Balaban J connectivity index is 1.38. The highest BCUT2D eigenvalue weighted by Gasteiger charge is 2.29. The summed E-state index contributed by atoms with van der Waals surface area (Å²) in [5.41, 5.74) is 2.85.